The number of para-hydroxylation sites is 3. The summed E-state index contributed by atoms with van der Waals surface area (Å²) in [6.07, 6.45) is 0. The zero-order valence-corrected chi connectivity index (χ0v) is 16.0. The molecule has 7 heteroatoms. The predicted octanol–water partition coefficient (Wildman–Crippen LogP) is 3.73. The molecule has 0 bridgehead atoms. The Morgan fingerprint density at radius 2 is 1.53 bits per heavy atom. The Labute approximate surface area is 170 Å². The van der Waals surface area contributed by atoms with E-state index in [1.165, 1.54) is 25.3 Å². The summed E-state index contributed by atoms with van der Waals surface area (Å²) in [5.41, 5.74) is 1.31. The third-order valence-electron chi connectivity index (χ3n) is 4.77. The first kappa shape index (κ1) is 19.3. The fourth-order valence-electron chi connectivity index (χ4n) is 3.53. The van der Waals surface area contributed by atoms with Crippen molar-refractivity contribution in [2.75, 3.05) is 7.11 Å². The molecule has 0 amide bonds. The maximum absolute atomic E-state index is 14.3. The maximum atomic E-state index is 14.3. The minimum Gasteiger partial charge on any atom is -0.493 e. The lowest BCUT2D eigenvalue weighted by Gasteiger charge is -2.13. The summed E-state index contributed by atoms with van der Waals surface area (Å²) >= 11 is 0. The van der Waals surface area contributed by atoms with Crippen LogP contribution in [0, 0.1) is 5.82 Å². The number of rotatable bonds is 5. The van der Waals surface area contributed by atoms with Crippen molar-refractivity contribution in [1.82, 2.24) is 0 Å². The summed E-state index contributed by atoms with van der Waals surface area (Å²) in [5.74, 6) is -2.72. The molecule has 4 rings (SSSR count). The van der Waals surface area contributed by atoms with Gasteiger partial charge in [0, 0.05) is 12.1 Å². The van der Waals surface area contributed by atoms with Crippen LogP contribution in [0.4, 0.5) is 4.39 Å². The van der Waals surface area contributed by atoms with E-state index < -0.39 is 17.8 Å². The minimum atomic E-state index is -1.01. The highest BCUT2D eigenvalue weighted by atomic mass is 19.1. The average molecular weight is 406 g/mol. The number of fused-ring (bicyclic) bond motifs is 2. The number of carboxylic acid groups (broad SMARTS) is 1. The summed E-state index contributed by atoms with van der Waals surface area (Å²) in [7, 11) is 1.36. The predicted molar refractivity (Wildman–Crippen MR) is 107 cm³/mol. The largest absolute Gasteiger partial charge is 0.493 e. The van der Waals surface area contributed by atoms with Crippen LogP contribution in [0.25, 0.3) is 21.8 Å². The fraction of sp³-hybridized carbons (Fsp3) is 0.0870. The van der Waals surface area contributed by atoms with Crippen LogP contribution in [0.2, 0.25) is 0 Å². The Morgan fingerprint density at radius 3 is 2.10 bits per heavy atom. The molecular formula is C23H17FNO5+. The third kappa shape index (κ3) is 3.30. The molecule has 0 aliphatic carbocycles. The number of aliphatic carboxylic acids is 1. The normalized spacial score (nSPS) is 10.9. The third-order valence-corrected chi connectivity index (χ3v) is 4.77. The summed E-state index contributed by atoms with van der Waals surface area (Å²) in [5, 5.41) is 10.4. The molecule has 6 nitrogen and oxygen atoms in total. The number of aromatic nitrogens is 1. The maximum Gasteiger partial charge on any atom is 0.370 e. The quantitative estimate of drug-likeness (QED) is 0.237. The van der Waals surface area contributed by atoms with Crippen LogP contribution >= 0.6 is 0 Å². The molecule has 0 fully saturated rings. The summed E-state index contributed by atoms with van der Waals surface area (Å²) in [6, 6.07) is 18.0. The molecule has 3 aromatic carbocycles. The molecule has 0 spiro atoms. The lowest BCUT2D eigenvalue weighted by Crippen LogP contribution is -2.40. The lowest BCUT2D eigenvalue weighted by molar-refractivity contribution is -0.633. The molecule has 1 aromatic heterocycles. The van der Waals surface area contributed by atoms with Crippen molar-refractivity contribution >= 4 is 33.7 Å². The molecule has 1 heterocycles. The van der Waals surface area contributed by atoms with Crippen LogP contribution in [-0.4, -0.2) is 24.2 Å². The van der Waals surface area contributed by atoms with Gasteiger partial charge in [-0.2, -0.15) is 4.57 Å². The number of pyridine rings is 1. The molecule has 0 unspecified atom stereocenters. The first-order valence-corrected chi connectivity index (χ1v) is 9.11. The first-order valence-electron chi connectivity index (χ1n) is 9.11. The van der Waals surface area contributed by atoms with Gasteiger partial charge in [-0.25, -0.2) is 14.0 Å². The van der Waals surface area contributed by atoms with Gasteiger partial charge in [0.2, 0.25) is 23.3 Å². The SMILES string of the molecule is COc1cccc(F)c1OC(=O)c1c2ccccc2[n+](CC(=O)O)c2ccccc12. The number of benzene rings is 3. The second kappa shape index (κ2) is 7.79. The number of methoxy groups -OCH3 is 1. The van der Waals surface area contributed by atoms with E-state index in [9.17, 15) is 19.1 Å². The molecule has 30 heavy (non-hydrogen) atoms. The van der Waals surface area contributed by atoms with Crippen molar-refractivity contribution in [3.63, 3.8) is 0 Å². The lowest BCUT2D eigenvalue weighted by atomic mass is 10.0. The van der Waals surface area contributed by atoms with Crippen LogP contribution in [-0.2, 0) is 11.3 Å². The number of carbonyl (C=O) groups excluding carboxylic acids is 1. The molecule has 0 radical (unpaired) electrons. The van der Waals surface area contributed by atoms with Gasteiger partial charge in [0.15, 0.2) is 11.6 Å². The van der Waals surface area contributed by atoms with E-state index in [1.54, 1.807) is 53.1 Å². The zero-order valence-electron chi connectivity index (χ0n) is 16.0. The highest BCUT2D eigenvalue weighted by Crippen LogP contribution is 2.32. The number of nitrogens with zero attached hydrogens (tertiary/aromatic N) is 1. The van der Waals surface area contributed by atoms with E-state index in [2.05, 4.69) is 0 Å². The van der Waals surface area contributed by atoms with Crippen LogP contribution in [0.1, 0.15) is 10.4 Å². The van der Waals surface area contributed by atoms with Crippen molar-refractivity contribution in [1.29, 1.82) is 0 Å². The highest BCUT2D eigenvalue weighted by Gasteiger charge is 2.27. The number of carbonyl (C=O) groups is 2. The molecule has 1 N–H and O–H groups in total. The zero-order chi connectivity index (χ0) is 21.3. The van der Waals surface area contributed by atoms with E-state index in [4.69, 9.17) is 9.47 Å². The Hall–Kier alpha value is -4.00. The molecule has 0 saturated heterocycles. The number of carboxylic acids is 1. The molecule has 0 aliphatic heterocycles. The Bertz CT molecular complexity index is 1240. The molecular weight excluding hydrogens is 389 g/mol. The van der Waals surface area contributed by atoms with Gasteiger partial charge in [-0.1, -0.05) is 30.3 Å². The number of halogens is 1. The van der Waals surface area contributed by atoms with Gasteiger partial charge < -0.3 is 14.6 Å². The second-order valence-electron chi connectivity index (χ2n) is 6.55. The molecule has 0 saturated carbocycles. The van der Waals surface area contributed by atoms with Crippen molar-refractivity contribution < 1.29 is 33.1 Å². The van der Waals surface area contributed by atoms with Gasteiger partial charge in [0.05, 0.1) is 23.4 Å². The van der Waals surface area contributed by atoms with Crippen LogP contribution in [0.15, 0.2) is 66.7 Å². The molecule has 0 atom stereocenters. The monoisotopic (exact) mass is 406 g/mol. The van der Waals surface area contributed by atoms with Gasteiger partial charge in [0.1, 0.15) is 0 Å². The molecule has 150 valence electrons. The smallest absolute Gasteiger partial charge is 0.370 e. The Balaban J connectivity index is 1.97. The van der Waals surface area contributed by atoms with Crippen molar-refractivity contribution in [3.8, 4) is 11.5 Å². The summed E-state index contributed by atoms with van der Waals surface area (Å²) in [6.45, 7) is -0.280. The van der Waals surface area contributed by atoms with Crippen LogP contribution < -0.4 is 14.0 Å². The number of hydrogen-bond donors (Lipinski definition) is 1. The first-order chi connectivity index (χ1) is 14.5. The molecule has 0 aliphatic rings. The van der Waals surface area contributed by atoms with E-state index >= 15 is 0 Å². The van der Waals surface area contributed by atoms with E-state index in [-0.39, 0.29) is 23.6 Å². The van der Waals surface area contributed by atoms with Gasteiger partial charge in [-0.3, -0.25) is 0 Å². The van der Waals surface area contributed by atoms with Crippen molar-refractivity contribution in [2.45, 2.75) is 6.54 Å². The van der Waals surface area contributed by atoms with Crippen LogP contribution in [0.3, 0.4) is 0 Å². The standard InChI is InChI=1S/C23H16FNO5/c1-29-19-12-6-9-16(24)22(19)30-23(28)21-14-7-2-4-10-17(14)25(13-20(26)27)18-11-5-3-8-15(18)21/h2-12H,13H2,1H3/p+1. The van der Waals surface area contributed by atoms with Gasteiger partial charge in [-0.15, -0.1) is 0 Å². The summed E-state index contributed by atoms with van der Waals surface area (Å²) < 4.78 is 26.5. The molecule has 4 aromatic rings. The number of esters is 1. The Morgan fingerprint density at radius 1 is 0.933 bits per heavy atom. The van der Waals surface area contributed by atoms with Gasteiger partial charge in [-0.05, 0) is 24.3 Å². The van der Waals surface area contributed by atoms with Crippen molar-refractivity contribution in [2.24, 2.45) is 0 Å². The van der Waals surface area contributed by atoms with E-state index in [0.717, 1.165) is 0 Å². The van der Waals surface area contributed by atoms with Gasteiger partial charge >= 0.3 is 11.9 Å². The Kier molecular flexibility index (Phi) is 5.02. The fourth-order valence-corrected chi connectivity index (χ4v) is 3.53. The van der Waals surface area contributed by atoms with Crippen LogP contribution in [0.5, 0.6) is 11.5 Å². The number of hydrogen-bond acceptors (Lipinski definition) is 4. The number of ether oxygens (including phenoxy) is 2. The summed E-state index contributed by atoms with van der Waals surface area (Å²) in [4.78, 5) is 24.7. The highest BCUT2D eigenvalue weighted by molar-refractivity contribution is 6.13. The van der Waals surface area contributed by atoms with E-state index in [1.807, 2.05) is 0 Å². The average Bonchev–Trinajstić information content (AvgIpc) is 2.74. The second-order valence-corrected chi connectivity index (χ2v) is 6.55. The topological polar surface area (TPSA) is 76.7 Å². The van der Waals surface area contributed by atoms with Crippen molar-refractivity contribution in [3.05, 3.63) is 78.1 Å². The minimum absolute atomic E-state index is 0.0915. The van der Waals surface area contributed by atoms with Gasteiger partial charge in [0.25, 0.3) is 0 Å². The van der Waals surface area contributed by atoms with E-state index in [0.29, 0.717) is 21.8 Å².